The third kappa shape index (κ3) is 5.11. The number of nitro benzene ring substituents is 1. The summed E-state index contributed by atoms with van der Waals surface area (Å²) >= 11 is 7.60. The Morgan fingerprint density at radius 2 is 2.10 bits per heavy atom. The van der Waals surface area contributed by atoms with E-state index in [4.69, 9.17) is 16.3 Å². The predicted octanol–water partition coefficient (Wildman–Crippen LogP) is 4.68. The van der Waals surface area contributed by atoms with E-state index in [2.05, 4.69) is 10.2 Å². The molecule has 2 aromatic carbocycles. The Morgan fingerprint density at radius 3 is 2.68 bits per heavy atom. The molecule has 1 aliphatic heterocycles. The second-order valence-electron chi connectivity index (χ2n) is 7.09. The standard InChI is InChI=1S/C21H23ClFN3O4S/c1-30-18-11-16(26(28)29)13(10-19(18)31-2)21(27)24-12-17(25-8-3-4-9-25)20-14(22)6-5-7-15(20)23/h5-7,10-11,17H,3-4,8-9,12H2,1-2H3,(H,24,27). The maximum atomic E-state index is 14.6. The van der Waals surface area contributed by atoms with Crippen LogP contribution in [0.1, 0.15) is 34.8 Å². The molecule has 2 aromatic rings. The van der Waals surface area contributed by atoms with Gasteiger partial charge in [0.05, 0.1) is 29.0 Å². The number of nitrogens with one attached hydrogen (secondary N) is 1. The summed E-state index contributed by atoms with van der Waals surface area (Å²) in [7, 11) is 1.41. The molecule has 1 aliphatic rings. The second-order valence-corrected chi connectivity index (χ2v) is 8.34. The maximum Gasteiger partial charge on any atom is 0.285 e. The number of halogens is 2. The number of nitro groups is 1. The number of hydrogen-bond acceptors (Lipinski definition) is 6. The highest BCUT2D eigenvalue weighted by Gasteiger charge is 2.30. The first-order chi connectivity index (χ1) is 14.9. The first-order valence-corrected chi connectivity index (χ1v) is 11.3. The van der Waals surface area contributed by atoms with Crippen LogP contribution in [0.4, 0.5) is 10.1 Å². The van der Waals surface area contributed by atoms with Crippen LogP contribution in [0.15, 0.2) is 35.2 Å². The lowest BCUT2D eigenvalue weighted by molar-refractivity contribution is -0.385. The van der Waals surface area contributed by atoms with Crippen molar-refractivity contribution in [1.82, 2.24) is 10.2 Å². The number of carbonyl (C=O) groups is 1. The fourth-order valence-electron chi connectivity index (χ4n) is 3.78. The van der Waals surface area contributed by atoms with Crippen molar-refractivity contribution in [3.63, 3.8) is 0 Å². The molecular formula is C21H23ClFN3O4S. The highest BCUT2D eigenvalue weighted by molar-refractivity contribution is 7.98. The van der Waals surface area contributed by atoms with E-state index in [9.17, 15) is 19.3 Å². The first kappa shape index (κ1) is 23.3. The van der Waals surface area contributed by atoms with Gasteiger partial charge in [-0.1, -0.05) is 17.7 Å². The summed E-state index contributed by atoms with van der Waals surface area (Å²) in [6.07, 6.45) is 3.73. The zero-order valence-electron chi connectivity index (χ0n) is 17.2. The Labute approximate surface area is 189 Å². The van der Waals surface area contributed by atoms with E-state index in [0.717, 1.165) is 25.9 Å². The monoisotopic (exact) mass is 467 g/mol. The van der Waals surface area contributed by atoms with E-state index in [1.54, 1.807) is 12.3 Å². The highest BCUT2D eigenvalue weighted by atomic mass is 35.5. The quantitative estimate of drug-likeness (QED) is 0.344. The molecule has 1 heterocycles. The summed E-state index contributed by atoms with van der Waals surface area (Å²) in [5.74, 6) is -0.733. The summed E-state index contributed by atoms with van der Waals surface area (Å²) in [5, 5.41) is 14.6. The topological polar surface area (TPSA) is 84.7 Å². The molecule has 0 saturated carbocycles. The number of methoxy groups -OCH3 is 1. The lowest BCUT2D eigenvalue weighted by atomic mass is 10.0. The summed E-state index contributed by atoms with van der Waals surface area (Å²) in [5.41, 5.74) is -0.107. The van der Waals surface area contributed by atoms with Crippen LogP contribution >= 0.6 is 23.4 Å². The van der Waals surface area contributed by atoms with Crippen LogP contribution in [0.5, 0.6) is 5.75 Å². The van der Waals surface area contributed by atoms with E-state index in [-0.39, 0.29) is 22.8 Å². The minimum atomic E-state index is -0.618. The molecule has 166 valence electrons. The van der Waals surface area contributed by atoms with E-state index in [1.807, 2.05) is 0 Å². The van der Waals surface area contributed by atoms with Crippen LogP contribution in [-0.2, 0) is 0 Å². The van der Waals surface area contributed by atoms with Gasteiger partial charge in [0.25, 0.3) is 11.6 Å². The smallest absolute Gasteiger partial charge is 0.285 e. The van der Waals surface area contributed by atoms with Gasteiger partial charge in [0.15, 0.2) is 0 Å². The molecule has 1 saturated heterocycles. The third-order valence-corrected chi connectivity index (χ3v) is 6.40. The van der Waals surface area contributed by atoms with Gasteiger partial charge in [-0.15, -0.1) is 11.8 Å². The fourth-order valence-corrected chi connectivity index (χ4v) is 4.65. The lowest BCUT2D eigenvalue weighted by Crippen LogP contribution is -2.37. The summed E-state index contributed by atoms with van der Waals surface area (Å²) in [6, 6.07) is 6.70. The molecular weight excluding hydrogens is 445 g/mol. The number of benzene rings is 2. The Bertz CT molecular complexity index is 965. The molecule has 7 nitrogen and oxygen atoms in total. The minimum Gasteiger partial charge on any atom is -0.495 e. The summed E-state index contributed by atoms with van der Waals surface area (Å²) in [6.45, 7) is 1.58. The van der Waals surface area contributed by atoms with Crippen molar-refractivity contribution in [2.24, 2.45) is 0 Å². The minimum absolute atomic E-state index is 0.0667. The second kappa shape index (κ2) is 10.3. The molecule has 10 heteroatoms. The zero-order chi connectivity index (χ0) is 22.5. The van der Waals surface area contributed by atoms with Gasteiger partial charge in [0.2, 0.25) is 0 Å². The average Bonchev–Trinajstić information content (AvgIpc) is 3.28. The van der Waals surface area contributed by atoms with Crippen molar-refractivity contribution < 1.29 is 18.8 Å². The SMILES string of the molecule is COc1cc([N+](=O)[O-])c(C(=O)NCC(c2c(F)cccc2Cl)N2CCCC2)cc1SC. The van der Waals surface area contributed by atoms with Crippen molar-refractivity contribution in [3.05, 3.63) is 62.4 Å². The molecule has 0 bridgehead atoms. The molecule has 31 heavy (non-hydrogen) atoms. The average molecular weight is 468 g/mol. The largest absolute Gasteiger partial charge is 0.495 e. The van der Waals surface area contributed by atoms with Gasteiger partial charge < -0.3 is 10.1 Å². The Morgan fingerprint density at radius 1 is 1.39 bits per heavy atom. The van der Waals surface area contributed by atoms with E-state index in [0.29, 0.717) is 16.2 Å². The van der Waals surface area contributed by atoms with E-state index >= 15 is 0 Å². The Hall–Kier alpha value is -2.36. The molecule has 3 rings (SSSR count). The zero-order valence-corrected chi connectivity index (χ0v) is 18.8. The molecule has 0 radical (unpaired) electrons. The van der Waals surface area contributed by atoms with Crippen molar-refractivity contribution in [3.8, 4) is 5.75 Å². The number of likely N-dealkylation sites (tertiary alicyclic amines) is 1. The van der Waals surface area contributed by atoms with Gasteiger partial charge >= 0.3 is 0 Å². The van der Waals surface area contributed by atoms with Gasteiger partial charge in [-0.3, -0.25) is 19.8 Å². The number of thioether (sulfide) groups is 1. The molecule has 1 N–H and O–H groups in total. The number of ether oxygens (including phenoxy) is 1. The molecule has 1 atom stereocenters. The maximum absolute atomic E-state index is 14.6. The van der Waals surface area contributed by atoms with Crippen LogP contribution in [-0.4, -0.2) is 48.7 Å². The molecule has 1 amide bonds. The van der Waals surface area contributed by atoms with Crippen LogP contribution in [0.3, 0.4) is 0 Å². The number of rotatable bonds is 8. The van der Waals surface area contributed by atoms with Gasteiger partial charge in [-0.25, -0.2) is 4.39 Å². The fraction of sp³-hybridized carbons (Fsp3) is 0.381. The number of nitrogens with zero attached hydrogens (tertiary/aromatic N) is 2. The van der Waals surface area contributed by atoms with Gasteiger partial charge in [-0.05, 0) is 50.4 Å². The van der Waals surface area contributed by atoms with Crippen LogP contribution in [0, 0.1) is 15.9 Å². The number of carbonyl (C=O) groups excluding carboxylic acids is 1. The van der Waals surface area contributed by atoms with Crippen molar-refractivity contribution >= 4 is 35.0 Å². The van der Waals surface area contributed by atoms with E-state index < -0.39 is 22.7 Å². The van der Waals surface area contributed by atoms with E-state index in [1.165, 1.54) is 43.1 Å². The molecule has 1 fully saturated rings. The van der Waals surface area contributed by atoms with Gasteiger partial charge in [-0.2, -0.15) is 0 Å². The van der Waals surface area contributed by atoms with Crippen molar-refractivity contribution in [2.75, 3.05) is 33.0 Å². The van der Waals surface area contributed by atoms with Crippen molar-refractivity contribution in [1.29, 1.82) is 0 Å². The number of amides is 1. The normalized spacial score (nSPS) is 15.0. The summed E-state index contributed by atoms with van der Waals surface area (Å²) in [4.78, 5) is 26.5. The molecule has 0 spiro atoms. The Balaban J connectivity index is 1.90. The van der Waals surface area contributed by atoms with Gasteiger partial charge in [0.1, 0.15) is 17.1 Å². The summed E-state index contributed by atoms with van der Waals surface area (Å²) < 4.78 is 19.8. The lowest BCUT2D eigenvalue weighted by Gasteiger charge is -2.29. The van der Waals surface area contributed by atoms with Gasteiger partial charge in [0, 0.05) is 17.1 Å². The van der Waals surface area contributed by atoms with Crippen molar-refractivity contribution in [2.45, 2.75) is 23.8 Å². The highest BCUT2D eigenvalue weighted by Crippen LogP contribution is 2.35. The Kier molecular flexibility index (Phi) is 7.74. The van der Waals surface area contributed by atoms with Crippen LogP contribution in [0.25, 0.3) is 0 Å². The molecule has 1 unspecified atom stereocenters. The number of hydrogen-bond donors (Lipinski definition) is 1. The predicted molar refractivity (Wildman–Crippen MR) is 119 cm³/mol. The molecule has 0 aliphatic carbocycles. The van der Waals surface area contributed by atoms with Crippen LogP contribution in [0.2, 0.25) is 5.02 Å². The first-order valence-electron chi connectivity index (χ1n) is 9.74. The third-order valence-electron chi connectivity index (χ3n) is 5.31. The molecule has 0 aromatic heterocycles. The van der Waals surface area contributed by atoms with Crippen LogP contribution < -0.4 is 10.1 Å².